The van der Waals surface area contributed by atoms with E-state index in [-0.39, 0.29) is 23.6 Å². The van der Waals surface area contributed by atoms with Crippen molar-refractivity contribution in [2.75, 3.05) is 6.54 Å². The maximum Gasteiger partial charge on any atom is 0.326 e. The van der Waals surface area contributed by atoms with Gasteiger partial charge in [-0.3, -0.25) is 9.36 Å². The maximum absolute atomic E-state index is 12.0. The zero-order valence-corrected chi connectivity index (χ0v) is 18.0. The summed E-state index contributed by atoms with van der Waals surface area (Å²) in [6.45, 7) is 2.60. The predicted octanol–water partition coefficient (Wildman–Crippen LogP) is 2.52. The van der Waals surface area contributed by atoms with Crippen LogP contribution in [0.1, 0.15) is 32.2 Å². The van der Waals surface area contributed by atoms with E-state index < -0.39 is 0 Å². The average molecular weight is 432 g/mol. The molecule has 0 spiro atoms. The van der Waals surface area contributed by atoms with E-state index in [2.05, 4.69) is 19.9 Å². The maximum atomic E-state index is 12.0. The van der Waals surface area contributed by atoms with Gasteiger partial charge >= 0.3 is 5.69 Å². The highest BCUT2D eigenvalue weighted by molar-refractivity contribution is 5.87. The lowest BCUT2D eigenvalue weighted by molar-refractivity contribution is -0.119. The molecule has 32 heavy (non-hydrogen) atoms. The molecule has 1 aromatic carbocycles. The van der Waals surface area contributed by atoms with Gasteiger partial charge in [-0.25, -0.2) is 14.8 Å². The van der Waals surface area contributed by atoms with Crippen LogP contribution in [0.25, 0.3) is 33.3 Å². The molecule has 4 aromatic rings. The summed E-state index contributed by atoms with van der Waals surface area (Å²) >= 11 is 0. The van der Waals surface area contributed by atoms with E-state index in [9.17, 15) is 9.59 Å². The van der Waals surface area contributed by atoms with Gasteiger partial charge in [0.15, 0.2) is 0 Å². The molecule has 1 amide bonds. The normalized spacial score (nSPS) is 19.6. The molecule has 6 rings (SSSR count). The van der Waals surface area contributed by atoms with Gasteiger partial charge in [0.05, 0.1) is 28.6 Å². The van der Waals surface area contributed by atoms with Crippen LogP contribution in [0.5, 0.6) is 5.88 Å². The van der Waals surface area contributed by atoms with E-state index >= 15 is 0 Å². The van der Waals surface area contributed by atoms with Crippen molar-refractivity contribution < 1.29 is 9.53 Å². The van der Waals surface area contributed by atoms with Crippen LogP contribution in [0.4, 0.5) is 0 Å². The molecule has 1 saturated heterocycles. The Kier molecular flexibility index (Phi) is 4.14. The van der Waals surface area contributed by atoms with Gasteiger partial charge in [-0.15, -0.1) is 0 Å². The molecule has 2 atom stereocenters. The number of rotatable bonds is 5. The van der Waals surface area contributed by atoms with E-state index in [1.165, 1.54) is 0 Å². The number of carbonyl (C=O) groups excluding carboxylic acids is 1. The Hall–Kier alpha value is -3.62. The van der Waals surface area contributed by atoms with Gasteiger partial charge in [0.2, 0.25) is 11.8 Å². The SMILES string of the molecule is C[C@@H](Oc1nc(-c2ccc3c(c2)[nH]c(=O)n3C)cc2ncn(C3CC3)c12)[C@H]1CNC(=O)C1. The molecular formula is C23H24N6O3. The summed E-state index contributed by atoms with van der Waals surface area (Å²) in [6.07, 6.45) is 4.41. The summed E-state index contributed by atoms with van der Waals surface area (Å²) in [5, 5.41) is 2.88. The smallest absolute Gasteiger partial charge is 0.326 e. The summed E-state index contributed by atoms with van der Waals surface area (Å²) in [7, 11) is 1.74. The first kappa shape index (κ1) is 19.1. The third-order valence-corrected chi connectivity index (χ3v) is 6.63. The Balaban J connectivity index is 1.45. The zero-order valence-electron chi connectivity index (χ0n) is 18.0. The molecule has 9 heteroatoms. The average Bonchev–Trinajstić information content (AvgIpc) is 3.26. The van der Waals surface area contributed by atoms with Crippen LogP contribution in [-0.2, 0) is 11.8 Å². The topological polar surface area (TPSA) is 107 Å². The predicted molar refractivity (Wildman–Crippen MR) is 120 cm³/mol. The number of ether oxygens (including phenoxy) is 1. The summed E-state index contributed by atoms with van der Waals surface area (Å²) in [6, 6.07) is 8.19. The molecule has 0 radical (unpaired) electrons. The van der Waals surface area contributed by atoms with Gasteiger partial charge in [0, 0.05) is 37.5 Å². The first-order valence-electron chi connectivity index (χ1n) is 11.0. The minimum atomic E-state index is -0.171. The number of aromatic amines is 1. The van der Waals surface area contributed by atoms with E-state index in [0.29, 0.717) is 24.9 Å². The summed E-state index contributed by atoms with van der Waals surface area (Å²) in [4.78, 5) is 36.1. The molecular weight excluding hydrogens is 408 g/mol. The minimum absolute atomic E-state index is 0.0606. The number of benzene rings is 1. The second kappa shape index (κ2) is 6.94. The number of hydrogen-bond donors (Lipinski definition) is 2. The van der Waals surface area contributed by atoms with Gasteiger partial charge in [-0.2, -0.15) is 0 Å². The number of hydrogen-bond acceptors (Lipinski definition) is 5. The van der Waals surface area contributed by atoms with Crippen LogP contribution in [0.3, 0.4) is 0 Å². The number of carbonyl (C=O) groups is 1. The van der Waals surface area contributed by atoms with Crippen molar-refractivity contribution in [1.29, 1.82) is 0 Å². The van der Waals surface area contributed by atoms with Gasteiger partial charge in [-0.1, -0.05) is 6.07 Å². The van der Waals surface area contributed by atoms with E-state index in [1.54, 1.807) is 11.6 Å². The van der Waals surface area contributed by atoms with Crippen molar-refractivity contribution in [3.8, 4) is 17.1 Å². The first-order valence-corrected chi connectivity index (χ1v) is 11.0. The molecule has 4 heterocycles. The lowest BCUT2D eigenvalue weighted by Crippen LogP contribution is -2.26. The fourth-order valence-electron chi connectivity index (χ4n) is 4.51. The van der Waals surface area contributed by atoms with Crippen molar-refractivity contribution in [3.63, 3.8) is 0 Å². The van der Waals surface area contributed by atoms with Crippen LogP contribution in [0.15, 0.2) is 35.4 Å². The second-order valence-electron chi connectivity index (χ2n) is 8.88. The molecule has 2 fully saturated rings. The molecule has 2 aliphatic rings. The van der Waals surface area contributed by atoms with E-state index in [0.717, 1.165) is 46.2 Å². The van der Waals surface area contributed by atoms with Crippen molar-refractivity contribution in [2.45, 2.75) is 38.3 Å². The fraction of sp³-hybridized carbons (Fsp3) is 0.391. The fourth-order valence-corrected chi connectivity index (χ4v) is 4.51. The third-order valence-electron chi connectivity index (χ3n) is 6.63. The standard InChI is InChI=1S/C23H24N6O3/c1-12(14-8-20(30)24-10-14)32-22-21-18(25-11-29(21)15-4-5-15)9-16(26-22)13-3-6-19-17(7-13)27-23(31)28(19)2/h3,6-7,9,11-12,14-15H,4-5,8,10H2,1-2H3,(H,24,30)(H,27,31)/t12-,14-/m1/s1. The molecule has 164 valence electrons. The number of fused-ring (bicyclic) bond motifs is 2. The molecule has 0 bridgehead atoms. The highest BCUT2D eigenvalue weighted by atomic mass is 16.5. The highest BCUT2D eigenvalue weighted by Gasteiger charge is 2.31. The summed E-state index contributed by atoms with van der Waals surface area (Å²) in [5.74, 6) is 0.701. The monoisotopic (exact) mass is 432 g/mol. The Morgan fingerprint density at radius 3 is 2.81 bits per heavy atom. The number of aromatic nitrogens is 5. The van der Waals surface area contributed by atoms with Gasteiger partial charge in [0.25, 0.3) is 0 Å². The molecule has 9 nitrogen and oxygen atoms in total. The van der Waals surface area contributed by atoms with E-state index in [1.807, 2.05) is 37.5 Å². The Morgan fingerprint density at radius 1 is 1.22 bits per heavy atom. The van der Waals surface area contributed by atoms with Crippen LogP contribution in [0, 0.1) is 5.92 Å². The molecule has 2 N–H and O–H groups in total. The number of nitrogens with zero attached hydrogens (tertiary/aromatic N) is 4. The quantitative estimate of drug-likeness (QED) is 0.504. The van der Waals surface area contributed by atoms with Crippen molar-refractivity contribution in [1.82, 2.24) is 29.4 Å². The number of H-pyrrole nitrogens is 1. The molecule has 1 aliphatic carbocycles. The summed E-state index contributed by atoms with van der Waals surface area (Å²) < 4.78 is 10.1. The van der Waals surface area contributed by atoms with Crippen LogP contribution < -0.4 is 15.7 Å². The zero-order chi connectivity index (χ0) is 22.0. The highest BCUT2D eigenvalue weighted by Crippen LogP contribution is 2.40. The Morgan fingerprint density at radius 2 is 2.06 bits per heavy atom. The first-order chi connectivity index (χ1) is 15.5. The van der Waals surface area contributed by atoms with Crippen LogP contribution in [0.2, 0.25) is 0 Å². The minimum Gasteiger partial charge on any atom is -0.473 e. The van der Waals surface area contributed by atoms with Gasteiger partial charge in [0.1, 0.15) is 11.6 Å². The molecule has 1 aliphatic heterocycles. The Bertz CT molecular complexity index is 1430. The number of nitrogens with one attached hydrogen (secondary N) is 2. The van der Waals surface area contributed by atoms with Crippen molar-refractivity contribution >= 4 is 28.0 Å². The molecule has 3 aromatic heterocycles. The molecule has 1 saturated carbocycles. The van der Waals surface area contributed by atoms with Crippen molar-refractivity contribution in [2.24, 2.45) is 13.0 Å². The summed E-state index contributed by atoms with van der Waals surface area (Å²) in [5.41, 5.74) is 4.76. The third kappa shape index (κ3) is 3.07. The Labute approximate surface area is 183 Å². The van der Waals surface area contributed by atoms with Crippen LogP contribution in [-0.4, -0.2) is 42.6 Å². The second-order valence-corrected chi connectivity index (χ2v) is 8.88. The largest absolute Gasteiger partial charge is 0.473 e. The number of amides is 1. The van der Waals surface area contributed by atoms with Gasteiger partial charge in [-0.05, 0) is 38.0 Å². The number of imidazole rings is 2. The van der Waals surface area contributed by atoms with Crippen molar-refractivity contribution in [3.05, 3.63) is 41.1 Å². The number of aryl methyl sites for hydroxylation is 1. The molecule has 0 unspecified atom stereocenters. The number of pyridine rings is 1. The lowest BCUT2D eigenvalue weighted by Gasteiger charge is -2.20. The van der Waals surface area contributed by atoms with Crippen LogP contribution >= 0.6 is 0 Å². The lowest BCUT2D eigenvalue weighted by atomic mass is 10.0. The van der Waals surface area contributed by atoms with E-state index in [4.69, 9.17) is 9.72 Å². The van der Waals surface area contributed by atoms with Gasteiger partial charge < -0.3 is 19.6 Å².